The summed E-state index contributed by atoms with van der Waals surface area (Å²) >= 11 is 0. The Bertz CT molecular complexity index is 358. The summed E-state index contributed by atoms with van der Waals surface area (Å²) in [5.74, 6) is 0.286. The van der Waals surface area contributed by atoms with Gasteiger partial charge < -0.3 is 10.6 Å². The van der Waals surface area contributed by atoms with Gasteiger partial charge in [-0.1, -0.05) is 0 Å². The zero-order chi connectivity index (χ0) is 10.8. The molecule has 0 radical (unpaired) electrons. The number of rotatable bonds is 3. The lowest BCUT2D eigenvalue weighted by atomic mass is 10.3. The molecule has 1 aromatic rings. The Hall–Kier alpha value is -1.65. The molecule has 2 N–H and O–H groups in total. The highest BCUT2D eigenvalue weighted by molar-refractivity contribution is 5.92. The smallest absolute Gasteiger partial charge is 0.274 e. The van der Waals surface area contributed by atoms with Gasteiger partial charge in [0.25, 0.3) is 5.91 Å². The highest BCUT2D eigenvalue weighted by Gasteiger charge is 2.32. The minimum atomic E-state index is -0.0486. The Kier molecular flexibility index (Phi) is 2.53. The second-order valence-corrected chi connectivity index (χ2v) is 3.65. The van der Waals surface area contributed by atoms with Crippen LogP contribution in [-0.4, -0.2) is 33.4 Å². The fourth-order valence-corrected chi connectivity index (χ4v) is 1.55. The number of anilines is 1. The molecular formula is C10H14N4O. The summed E-state index contributed by atoms with van der Waals surface area (Å²) in [7, 11) is 0. The molecule has 0 unspecified atom stereocenters. The van der Waals surface area contributed by atoms with Crippen LogP contribution in [-0.2, 0) is 0 Å². The lowest BCUT2D eigenvalue weighted by Crippen LogP contribution is -2.33. The minimum Gasteiger partial charge on any atom is -0.382 e. The van der Waals surface area contributed by atoms with Crippen molar-refractivity contribution in [1.82, 2.24) is 14.9 Å². The maximum absolute atomic E-state index is 12.0. The van der Waals surface area contributed by atoms with Gasteiger partial charge in [0.15, 0.2) is 0 Å². The number of aromatic nitrogens is 2. The van der Waals surface area contributed by atoms with E-state index in [9.17, 15) is 4.79 Å². The second-order valence-electron chi connectivity index (χ2n) is 3.65. The standard InChI is InChI=1S/C10H14N4O/c1-2-14(7-3-4-7)10(15)8-5-13-9(11)6-12-8/h5-7H,2-4H2,1H3,(H2,11,13). The van der Waals surface area contributed by atoms with E-state index in [1.54, 1.807) is 0 Å². The Balaban J connectivity index is 2.15. The molecule has 1 aliphatic carbocycles. The van der Waals surface area contributed by atoms with Crippen molar-refractivity contribution in [3.05, 3.63) is 18.1 Å². The molecule has 0 saturated heterocycles. The van der Waals surface area contributed by atoms with E-state index in [0.717, 1.165) is 19.4 Å². The van der Waals surface area contributed by atoms with Gasteiger partial charge in [0.05, 0.1) is 12.4 Å². The summed E-state index contributed by atoms with van der Waals surface area (Å²) in [6, 6.07) is 0.404. The SMILES string of the molecule is CCN(C(=O)c1cnc(N)cn1)C1CC1. The van der Waals surface area contributed by atoms with Gasteiger partial charge in [-0.15, -0.1) is 0 Å². The maximum atomic E-state index is 12.0. The predicted octanol–water partition coefficient (Wildman–Crippen LogP) is 0.683. The van der Waals surface area contributed by atoms with Crippen molar-refractivity contribution >= 4 is 11.7 Å². The van der Waals surface area contributed by atoms with E-state index in [1.165, 1.54) is 12.4 Å². The summed E-state index contributed by atoms with van der Waals surface area (Å²) < 4.78 is 0. The largest absolute Gasteiger partial charge is 0.382 e. The van der Waals surface area contributed by atoms with Crippen LogP contribution in [0.4, 0.5) is 5.82 Å². The van der Waals surface area contributed by atoms with Crippen molar-refractivity contribution in [1.29, 1.82) is 0 Å². The fraction of sp³-hybridized carbons (Fsp3) is 0.500. The van der Waals surface area contributed by atoms with E-state index >= 15 is 0 Å². The van der Waals surface area contributed by atoms with Crippen LogP contribution in [0.2, 0.25) is 0 Å². The molecule has 1 amide bonds. The Morgan fingerprint density at radius 2 is 2.27 bits per heavy atom. The van der Waals surface area contributed by atoms with Crippen LogP contribution in [0.1, 0.15) is 30.3 Å². The van der Waals surface area contributed by atoms with Crippen LogP contribution >= 0.6 is 0 Å². The van der Waals surface area contributed by atoms with E-state index in [-0.39, 0.29) is 5.91 Å². The topological polar surface area (TPSA) is 72.1 Å². The molecule has 0 aromatic carbocycles. The van der Waals surface area contributed by atoms with Gasteiger partial charge in [0.2, 0.25) is 0 Å². The molecular weight excluding hydrogens is 192 g/mol. The summed E-state index contributed by atoms with van der Waals surface area (Å²) in [5, 5.41) is 0. The molecule has 1 heterocycles. The normalized spacial score (nSPS) is 15.0. The van der Waals surface area contributed by atoms with Crippen molar-refractivity contribution in [3.8, 4) is 0 Å². The van der Waals surface area contributed by atoms with Gasteiger partial charge in [-0.05, 0) is 19.8 Å². The van der Waals surface area contributed by atoms with Crippen molar-refractivity contribution in [2.45, 2.75) is 25.8 Å². The predicted molar refractivity (Wildman–Crippen MR) is 56.2 cm³/mol. The zero-order valence-corrected chi connectivity index (χ0v) is 8.68. The zero-order valence-electron chi connectivity index (χ0n) is 8.68. The van der Waals surface area contributed by atoms with Crippen molar-refractivity contribution in [2.75, 3.05) is 12.3 Å². The fourth-order valence-electron chi connectivity index (χ4n) is 1.55. The average molecular weight is 206 g/mol. The van der Waals surface area contributed by atoms with E-state index in [2.05, 4.69) is 9.97 Å². The number of carbonyl (C=O) groups is 1. The number of hydrogen-bond acceptors (Lipinski definition) is 4. The van der Waals surface area contributed by atoms with Crippen molar-refractivity contribution < 1.29 is 4.79 Å². The average Bonchev–Trinajstić information content (AvgIpc) is 3.04. The Morgan fingerprint density at radius 1 is 1.53 bits per heavy atom. The number of amides is 1. The molecule has 1 saturated carbocycles. The van der Waals surface area contributed by atoms with Gasteiger partial charge >= 0.3 is 0 Å². The quantitative estimate of drug-likeness (QED) is 0.789. The molecule has 1 aliphatic rings. The molecule has 0 bridgehead atoms. The van der Waals surface area contributed by atoms with E-state index in [4.69, 9.17) is 5.73 Å². The number of nitrogens with zero attached hydrogens (tertiary/aromatic N) is 3. The van der Waals surface area contributed by atoms with E-state index in [1.807, 2.05) is 11.8 Å². The van der Waals surface area contributed by atoms with Crippen LogP contribution in [0, 0.1) is 0 Å². The molecule has 5 heteroatoms. The summed E-state index contributed by atoms with van der Waals surface area (Å²) in [4.78, 5) is 21.6. The minimum absolute atomic E-state index is 0.0486. The first-order valence-corrected chi connectivity index (χ1v) is 5.11. The van der Waals surface area contributed by atoms with Gasteiger partial charge in [0, 0.05) is 12.6 Å². The first-order valence-electron chi connectivity index (χ1n) is 5.11. The van der Waals surface area contributed by atoms with Crippen LogP contribution in [0.3, 0.4) is 0 Å². The lowest BCUT2D eigenvalue weighted by Gasteiger charge is -2.19. The third-order valence-electron chi connectivity index (χ3n) is 2.48. The molecule has 15 heavy (non-hydrogen) atoms. The molecule has 80 valence electrons. The summed E-state index contributed by atoms with van der Waals surface area (Å²) in [6.07, 6.45) is 5.04. The first-order chi connectivity index (χ1) is 7.22. The summed E-state index contributed by atoms with van der Waals surface area (Å²) in [5.41, 5.74) is 5.78. The van der Waals surface area contributed by atoms with Gasteiger partial charge in [0.1, 0.15) is 11.5 Å². The van der Waals surface area contributed by atoms with Crippen LogP contribution < -0.4 is 5.73 Å². The lowest BCUT2D eigenvalue weighted by molar-refractivity contribution is 0.0746. The maximum Gasteiger partial charge on any atom is 0.274 e. The second kappa shape index (κ2) is 3.84. The van der Waals surface area contributed by atoms with Crippen LogP contribution in [0.25, 0.3) is 0 Å². The molecule has 5 nitrogen and oxygen atoms in total. The van der Waals surface area contributed by atoms with Gasteiger partial charge in [-0.2, -0.15) is 0 Å². The van der Waals surface area contributed by atoms with E-state index in [0.29, 0.717) is 17.6 Å². The molecule has 0 aliphatic heterocycles. The molecule has 0 spiro atoms. The molecule has 1 aromatic heterocycles. The monoisotopic (exact) mass is 206 g/mol. The summed E-state index contributed by atoms with van der Waals surface area (Å²) in [6.45, 7) is 2.69. The molecule has 1 fully saturated rings. The van der Waals surface area contributed by atoms with Crippen LogP contribution in [0.5, 0.6) is 0 Å². The Morgan fingerprint density at radius 3 is 2.73 bits per heavy atom. The number of nitrogen functional groups attached to an aromatic ring is 1. The molecule has 2 rings (SSSR count). The first kappa shape index (κ1) is 9.89. The van der Waals surface area contributed by atoms with Gasteiger partial charge in [-0.3, -0.25) is 4.79 Å². The van der Waals surface area contributed by atoms with Crippen molar-refractivity contribution in [2.24, 2.45) is 0 Å². The van der Waals surface area contributed by atoms with Gasteiger partial charge in [-0.25, -0.2) is 9.97 Å². The number of carbonyl (C=O) groups excluding carboxylic acids is 1. The third kappa shape index (κ3) is 2.06. The van der Waals surface area contributed by atoms with Crippen LogP contribution in [0.15, 0.2) is 12.4 Å². The highest BCUT2D eigenvalue weighted by Crippen LogP contribution is 2.27. The highest BCUT2D eigenvalue weighted by atomic mass is 16.2. The number of hydrogen-bond donors (Lipinski definition) is 1. The third-order valence-corrected chi connectivity index (χ3v) is 2.48. The molecule has 0 atom stereocenters. The Labute approximate surface area is 88.3 Å². The number of nitrogens with two attached hydrogens (primary N) is 1. The van der Waals surface area contributed by atoms with Crippen molar-refractivity contribution in [3.63, 3.8) is 0 Å². The van der Waals surface area contributed by atoms with E-state index < -0.39 is 0 Å².